The van der Waals surface area contributed by atoms with E-state index in [1.807, 2.05) is 38.4 Å². The largest absolute Gasteiger partial charge is 0.481 e. The Kier molecular flexibility index (Phi) is 3.06. The van der Waals surface area contributed by atoms with Crippen LogP contribution in [0.1, 0.15) is 11.3 Å². The Morgan fingerprint density at radius 2 is 2.25 bits per heavy atom. The van der Waals surface area contributed by atoms with Gasteiger partial charge in [0.2, 0.25) is 5.88 Å². The summed E-state index contributed by atoms with van der Waals surface area (Å²) >= 11 is 0. The van der Waals surface area contributed by atoms with E-state index in [9.17, 15) is 0 Å². The molecule has 104 valence electrons. The second-order valence-electron chi connectivity index (χ2n) is 4.69. The van der Waals surface area contributed by atoms with Crippen molar-refractivity contribution in [1.82, 2.24) is 20.0 Å². The van der Waals surface area contributed by atoms with Gasteiger partial charge >= 0.3 is 0 Å². The van der Waals surface area contributed by atoms with Crippen molar-refractivity contribution in [3.8, 4) is 5.88 Å². The number of anilines is 1. The summed E-state index contributed by atoms with van der Waals surface area (Å²) in [7, 11) is 3.54. The van der Waals surface area contributed by atoms with Gasteiger partial charge in [-0.25, -0.2) is 4.68 Å². The second-order valence-corrected chi connectivity index (χ2v) is 4.69. The molecule has 0 atom stereocenters. The molecule has 2 aromatic heterocycles. The Bertz CT molecular complexity index is 743. The summed E-state index contributed by atoms with van der Waals surface area (Å²) in [6, 6.07) is 6.04. The van der Waals surface area contributed by atoms with Crippen molar-refractivity contribution in [2.45, 2.75) is 13.5 Å². The molecule has 20 heavy (non-hydrogen) atoms. The van der Waals surface area contributed by atoms with Crippen molar-refractivity contribution in [3.05, 3.63) is 35.7 Å². The molecular weight excluding hydrogens is 254 g/mol. The van der Waals surface area contributed by atoms with Crippen LogP contribution in [0, 0.1) is 6.92 Å². The van der Waals surface area contributed by atoms with E-state index in [1.54, 1.807) is 11.8 Å². The van der Waals surface area contributed by atoms with Crippen LogP contribution in [-0.2, 0) is 13.6 Å². The quantitative estimate of drug-likeness (QED) is 0.763. The zero-order chi connectivity index (χ0) is 14.1. The number of aryl methyl sites for hydroxylation is 2. The van der Waals surface area contributed by atoms with E-state index < -0.39 is 0 Å². The van der Waals surface area contributed by atoms with E-state index in [-0.39, 0.29) is 0 Å². The molecule has 0 unspecified atom stereocenters. The normalized spacial score (nSPS) is 10.9. The molecule has 0 aliphatic rings. The van der Waals surface area contributed by atoms with E-state index in [0.717, 1.165) is 33.7 Å². The zero-order valence-corrected chi connectivity index (χ0v) is 11.8. The molecule has 0 bridgehead atoms. The molecule has 0 radical (unpaired) electrons. The maximum absolute atomic E-state index is 5.40. The Hall–Kier alpha value is -2.50. The number of nitrogens with one attached hydrogen (secondary N) is 2. The van der Waals surface area contributed by atoms with Crippen molar-refractivity contribution in [1.29, 1.82) is 0 Å². The molecule has 0 spiro atoms. The van der Waals surface area contributed by atoms with Gasteiger partial charge in [0.25, 0.3) is 0 Å². The number of aromatic amines is 1. The number of benzene rings is 1. The molecule has 1 aromatic carbocycles. The molecule has 3 aromatic rings. The van der Waals surface area contributed by atoms with Crippen LogP contribution in [0.5, 0.6) is 5.88 Å². The summed E-state index contributed by atoms with van der Waals surface area (Å²) in [6.07, 6.45) is 1.82. The van der Waals surface area contributed by atoms with Crippen molar-refractivity contribution >= 4 is 16.6 Å². The predicted octanol–water partition coefficient (Wildman–Crippen LogP) is 2.23. The topological polar surface area (TPSA) is 67.8 Å². The lowest BCUT2D eigenvalue weighted by molar-refractivity contribution is 0.370. The number of H-pyrrole nitrogens is 1. The monoisotopic (exact) mass is 271 g/mol. The van der Waals surface area contributed by atoms with Crippen molar-refractivity contribution in [2.75, 3.05) is 12.4 Å². The van der Waals surface area contributed by atoms with E-state index in [0.29, 0.717) is 6.54 Å². The van der Waals surface area contributed by atoms with Gasteiger partial charge in [0, 0.05) is 24.7 Å². The first kappa shape index (κ1) is 12.5. The lowest BCUT2D eigenvalue weighted by Gasteiger charge is -2.09. The third kappa shape index (κ3) is 1.99. The molecule has 0 aliphatic carbocycles. The van der Waals surface area contributed by atoms with Gasteiger partial charge in [-0.05, 0) is 19.1 Å². The van der Waals surface area contributed by atoms with E-state index in [4.69, 9.17) is 4.74 Å². The number of ether oxygens (including phenoxy) is 1. The number of hydrogen-bond acceptors (Lipinski definition) is 4. The average molecular weight is 271 g/mol. The Morgan fingerprint density at radius 3 is 3.05 bits per heavy atom. The molecule has 0 saturated carbocycles. The number of rotatable bonds is 4. The van der Waals surface area contributed by atoms with E-state index in [2.05, 4.69) is 20.6 Å². The molecule has 0 saturated heterocycles. The van der Waals surface area contributed by atoms with Crippen LogP contribution in [0.2, 0.25) is 0 Å². The number of nitrogens with zero attached hydrogens (tertiary/aromatic N) is 3. The third-order valence-corrected chi connectivity index (χ3v) is 3.42. The summed E-state index contributed by atoms with van der Waals surface area (Å²) < 4.78 is 7.15. The van der Waals surface area contributed by atoms with Gasteiger partial charge in [0.15, 0.2) is 0 Å². The molecule has 2 heterocycles. The molecule has 0 amide bonds. The number of aromatic nitrogens is 4. The van der Waals surface area contributed by atoms with Crippen LogP contribution >= 0.6 is 0 Å². The molecule has 2 N–H and O–H groups in total. The summed E-state index contributed by atoms with van der Waals surface area (Å²) in [4.78, 5) is 0. The summed E-state index contributed by atoms with van der Waals surface area (Å²) in [6.45, 7) is 2.64. The van der Waals surface area contributed by atoms with Crippen LogP contribution in [-0.4, -0.2) is 27.1 Å². The minimum Gasteiger partial charge on any atom is -0.481 e. The highest BCUT2D eigenvalue weighted by Crippen LogP contribution is 2.25. The van der Waals surface area contributed by atoms with E-state index in [1.165, 1.54) is 0 Å². The summed E-state index contributed by atoms with van der Waals surface area (Å²) in [5, 5.41) is 15.9. The van der Waals surface area contributed by atoms with Gasteiger partial charge in [0.1, 0.15) is 0 Å². The van der Waals surface area contributed by atoms with E-state index >= 15 is 0 Å². The Balaban J connectivity index is 1.88. The van der Waals surface area contributed by atoms with Crippen molar-refractivity contribution in [2.24, 2.45) is 7.05 Å². The molecule has 6 nitrogen and oxygen atoms in total. The number of methoxy groups -OCH3 is 1. The standard InChI is InChI=1S/C14H17N5O/c1-9-10(14(20-3)19(2)18-9)7-15-12-5-4-6-13-11(12)8-16-17-13/h4-6,8,15H,7H2,1-3H3,(H,16,17). The van der Waals surface area contributed by atoms with Gasteiger partial charge in [0.05, 0.1) is 30.1 Å². The zero-order valence-electron chi connectivity index (χ0n) is 11.8. The fourth-order valence-electron chi connectivity index (χ4n) is 2.45. The lowest BCUT2D eigenvalue weighted by Crippen LogP contribution is -2.03. The van der Waals surface area contributed by atoms with Crippen LogP contribution in [0.3, 0.4) is 0 Å². The first-order valence-electron chi connectivity index (χ1n) is 6.43. The summed E-state index contributed by atoms with van der Waals surface area (Å²) in [5.74, 6) is 0.786. The molecule has 3 rings (SSSR count). The molecule has 0 aliphatic heterocycles. The predicted molar refractivity (Wildman–Crippen MR) is 77.9 cm³/mol. The van der Waals surface area contributed by atoms with Gasteiger partial charge in [-0.3, -0.25) is 5.10 Å². The van der Waals surface area contributed by atoms with Crippen LogP contribution in [0.4, 0.5) is 5.69 Å². The summed E-state index contributed by atoms with van der Waals surface area (Å²) in [5.41, 5.74) is 4.10. The van der Waals surface area contributed by atoms with Gasteiger partial charge in [-0.15, -0.1) is 0 Å². The first-order valence-corrected chi connectivity index (χ1v) is 6.43. The van der Waals surface area contributed by atoms with Gasteiger partial charge in [-0.1, -0.05) is 6.07 Å². The molecular formula is C14H17N5O. The Labute approximate surface area is 116 Å². The fourth-order valence-corrected chi connectivity index (χ4v) is 2.45. The average Bonchev–Trinajstić information content (AvgIpc) is 3.01. The van der Waals surface area contributed by atoms with Crippen LogP contribution in [0.25, 0.3) is 10.9 Å². The molecule has 0 fully saturated rings. The minimum atomic E-state index is 0.660. The fraction of sp³-hybridized carbons (Fsp3) is 0.286. The van der Waals surface area contributed by atoms with Crippen LogP contribution in [0.15, 0.2) is 24.4 Å². The number of fused-ring (bicyclic) bond motifs is 1. The SMILES string of the molecule is COc1c(CNc2cccc3[nH]ncc23)c(C)nn1C. The maximum Gasteiger partial charge on any atom is 0.216 e. The highest BCUT2D eigenvalue weighted by molar-refractivity contribution is 5.90. The third-order valence-electron chi connectivity index (χ3n) is 3.42. The Morgan fingerprint density at radius 1 is 1.40 bits per heavy atom. The smallest absolute Gasteiger partial charge is 0.216 e. The minimum absolute atomic E-state index is 0.660. The maximum atomic E-state index is 5.40. The highest BCUT2D eigenvalue weighted by atomic mass is 16.5. The number of hydrogen-bond donors (Lipinski definition) is 2. The van der Waals surface area contributed by atoms with Crippen molar-refractivity contribution < 1.29 is 4.74 Å². The highest BCUT2D eigenvalue weighted by Gasteiger charge is 2.13. The first-order chi connectivity index (χ1) is 9.70. The lowest BCUT2D eigenvalue weighted by atomic mass is 10.2. The van der Waals surface area contributed by atoms with Crippen LogP contribution < -0.4 is 10.1 Å². The van der Waals surface area contributed by atoms with Gasteiger partial charge < -0.3 is 10.1 Å². The van der Waals surface area contributed by atoms with Crippen molar-refractivity contribution in [3.63, 3.8) is 0 Å². The second kappa shape index (κ2) is 4.88. The molecule has 6 heteroatoms. The van der Waals surface area contributed by atoms with Gasteiger partial charge in [-0.2, -0.15) is 10.2 Å².